The topological polar surface area (TPSA) is 48.8 Å². The van der Waals surface area contributed by atoms with Crippen LogP contribution < -0.4 is 4.90 Å². The second kappa shape index (κ2) is 8.59. The van der Waals surface area contributed by atoms with Crippen LogP contribution in [-0.2, 0) is 4.79 Å². The third-order valence-corrected chi connectivity index (χ3v) is 6.44. The lowest BCUT2D eigenvalue weighted by Crippen LogP contribution is -2.48. The van der Waals surface area contributed by atoms with Crippen LogP contribution in [0.1, 0.15) is 30.9 Å². The molecular weight excluding hydrogens is 404 g/mol. The average Bonchev–Trinajstić information content (AvgIpc) is 3.09. The van der Waals surface area contributed by atoms with Crippen molar-refractivity contribution >= 4 is 46.3 Å². The molecular formula is C22H23ClN4OS. The Morgan fingerprint density at radius 1 is 1.07 bits per heavy atom. The summed E-state index contributed by atoms with van der Waals surface area (Å²) in [5.74, 6) is 1.15. The molecule has 29 heavy (non-hydrogen) atoms. The number of aromatic nitrogens is 1. The SMILES string of the molecule is CC(C)c1ccc(/C=C2\SC(N3CCN(c4ncccc4Cl)CC3)=NC2=O)cc1. The first-order valence-corrected chi connectivity index (χ1v) is 10.9. The monoisotopic (exact) mass is 426 g/mol. The third-order valence-electron chi connectivity index (χ3n) is 5.10. The van der Waals surface area contributed by atoms with E-state index < -0.39 is 0 Å². The Kier molecular flexibility index (Phi) is 5.92. The van der Waals surface area contributed by atoms with Gasteiger partial charge < -0.3 is 9.80 Å². The normalized spacial score (nSPS) is 18.7. The summed E-state index contributed by atoms with van der Waals surface area (Å²) >= 11 is 7.72. The second-order valence-corrected chi connectivity index (χ2v) is 8.83. The van der Waals surface area contributed by atoms with Gasteiger partial charge in [0.15, 0.2) is 5.17 Å². The molecule has 1 aromatic carbocycles. The van der Waals surface area contributed by atoms with Gasteiger partial charge in [-0.25, -0.2) is 4.98 Å². The summed E-state index contributed by atoms with van der Waals surface area (Å²) in [6.07, 6.45) is 3.69. The number of hydrogen-bond donors (Lipinski definition) is 0. The Morgan fingerprint density at radius 3 is 2.41 bits per heavy atom. The highest BCUT2D eigenvalue weighted by atomic mass is 35.5. The number of carbonyl (C=O) groups is 1. The zero-order valence-electron chi connectivity index (χ0n) is 16.5. The summed E-state index contributed by atoms with van der Waals surface area (Å²) in [6.45, 7) is 7.49. The predicted molar refractivity (Wildman–Crippen MR) is 122 cm³/mol. The number of piperazine rings is 1. The zero-order chi connectivity index (χ0) is 20.4. The largest absolute Gasteiger partial charge is 0.352 e. The molecule has 4 rings (SSSR count). The summed E-state index contributed by atoms with van der Waals surface area (Å²) in [7, 11) is 0. The Hall–Kier alpha value is -2.31. The van der Waals surface area contributed by atoms with E-state index in [1.807, 2.05) is 18.2 Å². The van der Waals surface area contributed by atoms with Crippen LogP contribution in [0.5, 0.6) is 0 Å². The van der Waals surface area contributed by atoms with Crippen molar-refractivity contribution in [2.75, 3.05) is 31.1 Å². The number of amidine groups is 1. The first-order valence-electron chi connectivity index (χ1n) is 9.74. The maximum atomic E-state index is 12.4. The molecule has 1 aromatic heterocycles. The Bertz CT molecular complexity index is 963. The molecule has 1 amide bonds. The van der Waals surface area contributed by atoms with Gasteiger partial charge in [0.05, 0.1) is 9.93 Å². The predicted octanol–water partition coefficient (Wildman–Crippen LogP) is 4.65. The molecule has 0 saturated carbocycles. The Morgan fingerprint density at radius 2 is 1.76 bits per heavy atom. The quantitative estimate of drug-likeness (QED) is 0.668. The van der Waals surface area contributed by atoms with Crippen molar-refractivity contribution in [3.05, 3.63) is 63.6 Å². The fraction of sp³-hybridized carbons (Fsp3) is 0.318. The van der Waals surface area contributed by atoms with Crippen LogP contribution in [0, 0.1) is 0 Å². The van der Waals surface area contributed by atoms with Gasteiger partial charge in [0.1, 0.15) is 5.82 Å². The van der Waals surface area contributed by atoms with Crippen molar-refractivity contribution in [1.29, 1.82) is 0 Å². The number of pyridine rings is 1. The van der Waals surface area contributed by atoms with Gasteiger partial charge in [-0.05, 0) is 47.0 Å². The van der Waals surface area contributed by atoms with Gasteiger partial charge >= 0.3 is 0 Å². The molecule has 0 aliphatic carbocycles. The number of rotatable bonds is 3. The number of amides is 1. The standard InChI is InChI=1S/C22H23ClN4OS/c1-15(2)17-7-5-16(6-8-17)14-19-21(28)25-22(29-19)27-12-10-26(11-13-27)20-18(23)4-3-9-24-20/h3-9,14-15H,10-13H2,1-2H3/b19-14-. The number of halogens is 1. The van der Waals surface area contributed by atoms with Gasteiger partial charge in [-0.15, -0.1) is 0 Å². The molecule has 3 heterocycles. The molecule has 0 spiro atoms. The van der Waals surface area contributed by atoms with Gasteiger partial charge in [0.25, 0.3) is 5.91 Å². The van der Waals surface area contributed by atoms with E-state index in [1.165, 1.54) is 17.3 Å². The van der Waals surface area contributed by atoms with E-state index in [4.69, 9.17) is 11.6 Å². The Balaban J connectivity index is 1.39. The van der Waals surface area contributed by atoms with Crippen molar-refractivity contribution in [3.63, 3.8) is 0 Å². The summed E-state index contributed by atoms with van der Waals surface area (Å²) in [5.41, 5.74) is 2.32. The number of nitrogens with zero attached hydrogens (tertiary/aromatic N) is 4. The summed E-state index contributed by atoms with van der Waals surface area (Å²) in [5, 5.41) is 1.45. The lowest BCUT2D eigenvalue weighted by molar-refractivity contribution is -0.113. The fourth-order valence-electron chi connectivity index (χ4n) is 3.38. The zero-order valence-corrected chi connectivity index (χ0v) is 18.1. The number of aliphatic imine (C=N–C) groups is 1. The summed E-state index contributed by atoms with van der Waals surface area (Å²) in [6, 6.07) is 12.0. The molecule has 1 saturated heterocycles. The van der Waals surface area contributed by atoms with Gasteiger partial charge in [-0.3, -0.25) is 4.79 Å². The highest BCUT2D eigenvalue weighted by Gasteiger charge is 2.29. The van der Waals surface area contributed by atoms with Crippen molar-refractivity contribution in [1.82, 2.24) is 9.88 Å². The molecule has 1 fully saturated rings. The van der Waals surface area contributed by atoms with Crippen LogP contribution in [0.3, 0.4) is 0 Å². The average molecular weight is 427 g/mol. The van der Waals surface area contributed by atoms with Gasteiger partial charge in [-0.2, -0.15) is 4.99 Å². The van der Waals surface area contributed by atoms with E-state index in [2.05, 4.69) is 57.9 Å². The molecule has 0 atom stereocenters. The second-order valence-electron chi connectivity index (χ2n) is 7.41. The van der Waals surface area contributed by atoms with Crippen LogP contribution in [0.25, 0.3) is 6.08 Å². The smallest absolute Gasteiger partial charge is 0.286 e. The van der Waals surface area contributed by atoms with Crippen molar-refractivity contribution < 1.29 is 4.79 Å². The minimum atomic E-state index is -0.159. The molecule has 2 aliphatic heterocycles. The number of hydrogen-bond acceptors (Lipinski definition) is 5. The van der Waals surface area contributed by atoms with Gasteiger partial charge in [0.2, 0.25) is 0 Å². The van der Waals surface area contributed by atoms with Gasteiger partial charge in [-0.1, -0.05) is 49.7 Å². The van der Waals surface area contributed by atoms with E-state index in [-0.39, 0.29) is 5.91 Å². The first-order chi connectivity index (χ1) is 14.0. The first kappa shape index (κ1) is 20.0. The molecule has 0 radical (unpaired) electrons. The van der Waals surface area contributed by atoms with Crippen molar-refractivity contribution in [2.24, 2.45) is 4.99 Å². The van der Waals surface area contributed by atoms with Crippen LogP contribution in [0.4, 0.5) is 5.82 Å². The van der Waals surface area contributed by atoms with Crippen LogP contribution in [0.15, 0.2) is 52.5 Å². The van der Waals surface area contributed by atoms with Crippen LogP contribution in [-0.4, -0.2) is 47.1 Å². The van der Waals surface area contributed by atoms with E-state index in [1.54, 1.807) is 6.20 Å². The van der Waals surface area contributed by atoms with Crippen LogP contribution in [0.2, 0.25) is 5.02 Å². The summed E-state index contributed by atoms with van der Waals surface area (Å²) in [4.78, 5) is 26.1. The van der Waals surface area contributed by atoms with E-state index in [0.717, 1.165) is 42.7 Å². The van der Waals surface area contributed by atoms with Gasteiger partial charge in [0, 0.05) is 32.4 Å². The maximum absolute atomic E-state index is 12.4. The van der Waals surface area contributed by atoms with Crippen molar-refractivity contribution in [2.45, 2.75) is 19.8 Å². The number of carbonyl (C=O) groups excluding carboxylic acids is 1. The van der Waals surface area contributed by atoms with E-state index in [0.29, 0.717) is 15.8 Å². The van der Waals surface area contributed by atoms with Crippen molar-refractivity contribution in [3.8, 4) is 0 Å². The lowest BCUT2D eigenvalue weighted by atomic mass is 10.0. The molecule has 2 aliphatic rings. The number of thioether (sulfide) groups is 1. The molecule has 5 nitrogen and oxygen atoms in total. The van der Waals surface area contributed by atoms with E-state index in [9.17, 15) is 4.79 Å². The maximum Gasteiger partial charge on any atom is 0.286 e. The molecule has 150 valence electrons. The third kappa shape index (κ3) is 4.49. The number of benzene rings is 1. The molecule has 7 heteroatoms. The highest BCUT2D eigenvalue weighted by molar-refractivity contribution is 8.18. The molecule has 0 bridgehead atoms. The minimum absolute atomic E-state index is 0.159. The lowest BCUT2D eigenvalue weighted by Gasteiger charge is -2.36. The number of anilines is 1. The Labute approximate surface area is 180 Å². The molecule has 2 aromatic rings. The molecule has 0 unspecified atom stereocenters. The van der Waals surface area contributed by atoms with Crippen LogP contribution >= 0.6 is 23.4 Å². The minimum Gasteiger partial charge on any atom is -0.352 e. The summed E-state index contributed by atoms with van der Waals surface area (Å²) < 4.78 is 0. The highest BCUT2D eigenvalue weighted by Crippen LogP contribution is 2.31. The molecule has 0 N–H and O–H groups in total. The fourth-order valence-corrected chi connectivity index (χ4v) is 4.59. The van der Waals surface area contributed by atoms with E-state index >= 15 is 0 Å².